The quantitative estimate of drug-likeness (QED) is 0.890. The Balaban J connectivity index is 2.29. The molecule has 0 saturated carbocycles. The van der Waals surface area contributed by atoms with Crippen molar-refractivity contribution in [1.29, 1.82) is 0 Å². The Morgan fingerprint density at radius 2 is 2.17 bits per heavy atom. The lowest BCUT2D eigenvalue weighted by Crippen LogP contribution is -2.33. The highest BCUT2D eigenvalue weighted by Gasteiger charge is 2.27. The van der Waals surface area contributed by atoms with Crippen LogP contribution in [0.5, 0.6) is 0 Å². The summed E-state index contributed by atoms with van der Waals surface area (Å²) in [4.78, 5) is 13.4. The van der Waals surface area contributed by atoms with Gasteiger partial charge in [0, 0.05) is 18.3 Å². The number of anilines is 1. The monoisotopic (exact) mass is 247 g/mol. The van der Waals surface area contributed by atoms with Crippen LogP contribution >= 0.6 is 0 Å². The van der Waals surface area contributed by atoms with Crippen LogP contribution in [0.15, 0.2) is 18.2 Å². The van der Waals surface area contributed by atoms with Gasteiger partial charge in [0.1, 0.15) is 0 Å². The third-order valence-corrected chi connectivity index (χ3v) is 3.84. The Labute approximate surface area is 108 Å². The van der Waals surface area contributed by atoms with Crippen molar-refractivity contribution in [3.05, 3.63) is 29.3 Å². The fourth-order valence-corrected chi connectivity index (χ4v) is 2.87. The molecule has 1 aromatic rings. The van der Waals surface area contributed by atoms with Gasteiger partial charge < -0.3 is 10.0 Å². The largest absolute Gasteiger partial charge is 0.478 e. The number of carboxylic acids is 1. The van der Waals surface area contributed by atoms with Crippen molar-refractivity contribution in [1.82, 2.24) is 0 Å². The molecule has 1 aromatic carbocycles. The van der Waals surface area contributed by atoms with Gasteiger partial charge in [-0.05, 0) is 49.4 Å². The van der Waals surface area contributed by atoms with Crippen LogP contribution in [-0.4, -0.2) is 23.7 Å². The topological polar surface area (TPSA) is 40.5 Å². The maximum Gasteiger partial charge on any atom is 0.335 e. The Morgan fingerprint density at radius 1 is 1.44 bits per heavy atom. The minimum absolute atomic E-state index is 0.402. The zero-order valence-corrected chi connectivity index (χ0v) is 11.3. The molecule has 0 bridgehead atoms. The van der Waals surface area contributed by atoms with E-state index < -0.39 is 5.97 Å². The third kappa shape index (κ3) is 2.35. The number of aryl methyl sites for hydroxylation is 1. The molecule has 18 heavy (non-hydrogen) atoms. The second kappa shape index (κ2) is 5.01. The van der Waals surface area contributed by atoms with Crippen LogP contribution in [0.4, 0.5) is 5.69 Å². The van der Waals surface area contributed by atoms with Gasteiger partial charge in [0.2, 0.25) is 0 Å². The van der Waals surface area contributed by atoms with Crippen molar-refractivity contribution in [2.75, 3.05) is 11.4 Å². The fraction of sp³-hybridized carbons (Fsp3) is 0.533. The lowest BCUT2D eigenvalue weighted by atomic mass is 10.0. The molecule has 0 aromatic heterocycles. The molecule has 1 unspecified atom stereocenters. The molecule has 98 valence electrons. The Morgan fingerprint density at radius 3 is 2.72 bits per heavy atom. The standard InChI is InChI=1S/C15H21NO2/c1-10(2)14-5-4-8-16(14)12-6-7-13(15(17)18)11(3)9-12/h6-7,9-10,14H,4-5,8H2,1-3H3,(H,17,18). The van der Waals surface area contributed by atoms with Gasteiger partial charge in [-0.1, -0.05) is 13.8 Å². The van der Waals surface area contributed by atoms with Gasteiger partial charge in [0.25, 0.3) is 0 Å². The summed E-state index contributed by atoms with van der Waals surface area (Å²) in [6.07, 6.45) is 2.46. The van der Waals surface area contributed by atoms with Crippen LogP contribution in [0.1, 0.15) is 42.6 Å². The first-order valence-electron chi connectivity index (χ1n) is 6.61. The van der Waals surface area contributed by atoms with E-state index in [1.54, 1.807) is 6.07 Å². The van der Waals surface area contributed by atoms with E-state index in [1.807, 2.05) is 19.1 Å². The molecule has 0 radical (unpaired) electrons. The molecule has 2 rings (SSSR count). The predicted molar refractivity (Wildman–Crippen MR) is 73.3 cm³/mol. The minimum atomic E-state index is -0.846. The zero-order valence-electron chi connectivity index (χ0n) is 11.3. The van der Waals surface area contributed by atoms with Gasteiger partial charge in [0.05, 0.1) is 5.56 Å². The molecule has 1 aliphatic heterocycles. The van der Waals surface area contributed by atoms with E-state index in [0.717, 1.165) is 17.8 Å². The van der Waals surface area contributed by atoms with E-state index in [-0.39, 0.29) is 0 Å². The number of carboxylic acid groups (broad SMARTS) is 1. The number of carbonyl (C=O) groups is 1. The average molecular weight is 247 g/mol. The first-order chi connectivity index (χ1) is 8.50. The first kappa shape index (κ1) is 12.9. The molecule has 0 aliphatic carbocycles. The summed E-state index contributed by atoms with van der Waals surface area (Å²) in [5, 5.41) is 9.05. The Hall–Kier alpha value is -1.51. The van der Waals surface area contributed by atoms with Crippen molar-refractivity contribution in [2.45, 2.75) is 39.7 Å². The molecule has 1 fully saturated rings. The predicted octanol–water partition coefficient (Wildman–Crippen LogP) is 3.32. The molecule has 1 heterocycles. The minimum Gasteiger partial charge on any atom is -0.478 e. The first-order valence-corrected chi connectivity index (χ1v) is 6.61. The van der Waals surface area contributed by atoms with Crippen LogP contribution in [0, 0.1) is 12.8 Å². The van der Waals surface area contributed by atoms with Crippen molar-refractivity contribution < 1.29 is 9.90 Å². The highest BCUT2D eigenvalue weighted by atomic mass is 16.4. The van der Waals surface area contributed by atoms with Gasteiger partial charge in [-0.25, -0.2) is 4.79 Å². The summed E-state index contributed by atoms with van der Waals surface area (Å²) in [5.74, 6) is -0.215. The highest BCUT2D eigenvalue weighted by molar-refractivity contribution is 5.89. The SMILES string of the molecule is Cc1cc(N2CCCC2C(C)C)ccc1C(=O)O. The van der Waals surface area contributed by atoms with E-state index in [0.29, 0.717) is 17.5 Å². The number of hydrogen-bond acceptors (Lipinski definition) is 2. The van der Waals surface area contributed by atoms with Gasteiger partial charge in [-0.15, -0.1) is 0 Å². The molecule has 1 aliphatic rings. The lowest BCUT2D eigenvalue weighted by Gasteiger charge is -2.30. The van der Waals surface area contributed by atoms with Crippen LogP contribution < -0.4 is 4.90 Å². The Bertz CT molecular complexity index is 454. The summed E-state index contributed by atoms with van der Waals surface area (Å²) in [5.41, 5.74) is 2.40. The van der Waals surface area contributed by atoms with Crippen LogP contribution in [0.3, 0.4) is 0 Å². The number of aromatic carboxylic acids is 1. The summed E-state index contributed by atoms with van der Waals surface area (Å²) < 4.78 is 0. The second-order valence-electron chi connectivity index (χ2n) is 5.45. The van der Waals surface area contributed by atoms with Crippen molar-refractivity contribution in [3.63, 3.8) is 0 Å². The van der Waals surface area contributed by atoms with E-state index in [2.05, 4.69) is 18.7 Å². The number of nitrogens with zero attached hydrogens (tertiary/aromatic N) is 1. The molecule has 0 amide bonds. The summed E-state index contributed by atoms with van der Waals surface area (Å²) >= 11 is 0. The number of rotatable bonds is 3. The number of benzene rings is 1. The summed E-state index contributed by atoms with van der Waals surface area (Å²) in [7, 11) is 0. The lowest BCUT2D eigenvalue weighted by molar-refractivity contribution is 0.0696. The highest BCUT2D eigenvalue weighted by Crippen LogP contribution is 2.30. The maximum atomic E-state index is 11.0. The smallest absolute Gasteiger partial charge is 0.335 e. The van der Waals surface area contributed by atoms with Crippen molar-refractivity contribution >= 4 is 11.7 Å². The molecular formula is C15H21NO2. The Kier molecular flexibility index (Phi) is 3.60. The van der Waals surface area contributed by atoms with Gasteiger partial charge >= 0.3 is 5.97 Å². The molecule has 0 spiro atoms. The van der Waals surface area contributed by atoms with Gasteiger partial charge in [0.15, 0.2) is 0 Å². The normalized spacial score (nSPS) is 19.6. The number of hydrogen-bond donors (Lipinski definition) is 1. The molecule has 3 heteroatoms. The maximum absolute atomic E-state index is 11.0. The molecule has 1 saturated heterocycles. The second-order valence-corrected chi connectivity index (χ2v) is 5.45. The molecule has 3 nitrogen and oxygen atoms in total. The van der Waals surface area contributed by atoms with Crippen molar-refractivity contribution in [3.8, 4) is 0 Å². The zero-order chi connectivity index (χ0) is 13.3. The van der Waals surface area contributed by atoms with E-state index >= 15 is 0 Å². The molecule has 1 N–H and O–H groups in total. The van der Waals surface area contributed by atoms with E-state index in [1.165, 1.54) is 12.8 Å². The van der Waals surface area contributed by atoms with Gasteiger partial charge in [-0.2, -0.15) is 0 Å². The van der Waals surface area contributed by atoms with Crippen molar-refractivity contribution in [2.24, 2.45) is 5.92 Å². The average Bonchev–Trinajstić information content (AvgIpc) is 2.77. The van der Waals surface area contributed by atoms with E-state index in [4.69, 9.17) is 5.11 Å². The van der Waals surface area contributed by atoms with E-state index in [9.17, 15) is 4.79 Å². The van der Waals surface area contributed by atoms with Crippen LogP contribution in [0.25, 0.3) is 0 Å². The van der Waals surface area contributed by atoms with Gasteiger partial charge in [-0.3, -0.25) is 0 Å². The molecule has 1 atom stereocenters. The summed E-state index contributed by atoms with van der Waals surface area (Å²) in [6.45, 7) is 7.45. The van der Waals surface area contributed by atoms with Crippen LogP contribution in [0.2, 0.25) is 0 Å². The summed E-state index contributed by atoms with van der Waals surface area (Å²) in [6, 6.07) is 6.25. The third-order valence-electron chi connectivity index (χ3n) is 3.84. The fourth-order valence-electron chi connectivity index (χ4n) is 2.87. The molecular weight excluding hydrogens is 226 g/mol. The van der Waals surface area contributed by atoms with Crippen LogP contribution in [-0.2, 0) is 0 Å².